The molecule has 1 atom stereocenters. The molecule has 1 rings (SSSR count). The Kier molecular flexibility index (Phi) is 7.66. The summed E-state index contributed by atoms with van der Waals surface area (Å²) in [5.74, 6) is 0. The first-order chi connectivity index (χ1) is 5.85. The van der Waals surface area contributed by atoms with Gasteiger partial charge in [0, 0.05) is 0 Å². The van der Waals surface area contributed by atoms with Gasteiger partial charge in [-0.2, -0.15) is 0 Å². The summed E-state index contributed by atoms with van der Waals surface area (Å²) in [5.41, 5.74) is 1.33. The minimum absolute atomic E-state index is 0.973. The Balaban J connectivity index is 0.000000354. The molecule has 0 amide bonds. The second-order valence-electron chi connectivity index (χ2n) is 2.08. The molecule has 1 unspecified atom stereocenters. The lowest BCUT2D eigenvalue weighted by atomic mass is 10.2. The van der Waals surface area contributed by atoms with E-state index in [0.29, 0.717) is 0 Å². The van der Waals surface area contributed by atoms with E-state index < -0.39 is 8.69 Å². The van der Waals surface area contributed by atoms with Crippen LogP contribution in [-0.4, -0.2) is 4.89 Å². The molecule has 66 valence electrons. The Bertz CT molecular complexity index is 221. The maximum absolute atomic E-state index is 8.57. The fourth-order valence-corrected chi connectivity index (χ4v) is 0.781. The van der Waals surface area contributed by atoms with Crippen molar-refractivity contribution in [2.45, 2.75) is 6.42 Å². The molecule has 0 radical (unpaired) electrons. The third-order valence-electron chi connectivity index (χ3n) is 1.22. The van der Waals surface area contributed by atoms with Crippen LogP contribution in [0.1, 0.15) is 5.56 Å². The first-order valence-corrected chi connectivity index (χ1v) is 4.56. The predicted molar refractivity (Wildman–Crippen MR) is 53.0 cm³/mol. The minimum atomic E-state index is -1.50. The Labute approximate surface area is 73.8 Å². The van der Waals surface area contributed by atoms with Crippen LogP contribution in [0.4, 0.5) is 0 Å². The zero-order valence-electron chi connectivity index (χ0n) is 6.81. The zero-order chi connectivity index (χ0) is 9.23. The summed E-state index contributed by atoms with van der Waals surface area (Å²) >= 11 is 0. The minimum Gasteiger partial charge on any atom is -0.348 e. The molecule has 0 aliphatic heterocycles. The van der Waals surface area contributed by atoms with Crippen molar-refractivity contribution in [1.29, 1.82) is 0 Å². The second-order valence-corrected chi connectivity index (χ2v) is 2.29. The van der Waals surface area contributed by atoms with Gasteiger partial charge in [0.15, 0.2) is 8.69 Å². The van der Waals surface area contributed by atoms with Crippen LogP contribution in [0.2, 0.25) is 0 Å². The predicted octanol–water partition coefficient (Wildman–Crippen LogP) is 2.07. The molecule has 0 spiro atoms. The summed E-state index contributed by atoms with van der Waals surface area (Å²) in [5, 5.41) is 0. The smallest absolute Gasteiger partial charge is 0.177 e. The van der Waals surface area contributed by atoms with Crippen molar-refractivity contribution >= 4 is 8.69 Å². The van der Waals surface area contributed by atoms with Crippen LogP contribution in [0.5, 0.6) is 0 Å². The standard InChI is InChI=1S/C9H10.H3O2P/c1-2-6-9-7-4-3-5-8-9;1-3-2/h2-5,7-8H,1,6H2;3H2,(H,1,2). The summed E-state index contributed by atoms with van der Waals surface area (Å²) < 4.78 is 8.57. The second kappa shape index (κ2) is 8.25. The number of hydrogen-bond donors (Lipinski definition) is 1. The van der Waals surface area contributed by atoms with E-state index >= 15 is 0 Å². The Morgan fingerprint density at radius 1 is 1.42 bits per heavy atom. The monoisotopic (exact) mass is 184 g/mol. The van der Waals surface area contributed by atoms with Gasteiger partial charge < -0.3 is 4.89 Å². The van der Waals surface area contributed by atoms with Gasteiger partial charge in [-0.05, 0) is 12.0 Å². The van der Waals surface area contributed by atoms with Crippen molar-refractivity contribution in [2.24, 2.45) is 0 Å². The highest BCUT2D eigenvalue weighted by atomic mass is 31.1. The maximum atomic E-state index is 8.57. The summed E-state index contributed by atoms with van der Waals surface area (Å²) in [6.45, 7) is 3.66. The van der Waals surface area contributed by atoms with Gasteiger partial charge in [0.05, 0.1) is 0 Å². The maximum Gasteiger partial charge on any atom is 0.177 e. The van der Waals surface area contributed by atoms with Gasteiger partial charge in [0.1, 0.15) is 0 Å². The van der Waals surface area contributed by atoms with Crippen LogP contribution >= 0.6 is 8.69 Å². The van der Waals surface area contributed by atoms with Gasteiger partial charge in [0.25, 0.3) is 0 Å². The topological polar surface area (TPSA) is 37.3 Å². The molecule has 2 nitrogen and oxygen atoms in total. The molecule has 0 aliphatic rings. The summed E-state index contributed by atoms with van der Waals surface area (Å²) in [6, 6.07) is 10.3. The third-order valence-corrected chi connectivity index (χ3v) is 1.22. The van der Waals surface area contributed by atoms with Crippen LogP contribution in [0.25, 0.3) is 0 Å². The first-order valence-electron chi connectivity index (χ1n) is 3.57. The van der Waals surface area contributed by atoms with Gasteiger partial charge in [-0.3, -0.25) is 4.57 Å². The average Bonchev–Trinajstić information content (AvgIpc) is 2.08. The number of hydrogen-bond acceptors (Lipinski definition) is 1. The SMILES string of the molecule is C=CCc1ccccc1.O=[PH2]O. The Morgan fingerprint density at radius 3 is 2.33 bits per heavy atom. The van der Waals surface area contributed by atoms with Gasteiger partial charge >= 0.3 is 0 Å². The van der Waals surface area contributed by atoms with E-state index in [9.17, 15) is 0 Å². The van der Waals surface area contributed by atoms with Gasteiger partial charge in [-0.1, -0.05) is 36.4 Å². The van der Waals surface area contributed by atoms with Gasteiger partial charge in [0.2, 0.25) is 0 Å². The normalized spacial score (nSPS) is 9.08. The largest absolute Gasteiger partial charge is 0.348 e. The number of allylic oxidation sites excluding steroid dienone is 1. The van der Waals surface area contributed by atoms with Crippen molar-refractivity contribution in [2.75, 3.05) is 0 Å². The molecule has 0 saturated heterocycles. The molecule has 0 aliphatic carbocycles. The lowest BCUT2D eigenvalue weighted by molar-refractivity contribution is 0.524. The van der Waals surface area contributed by atoms with Crippen molar-refractivity contribution in [3.8, 4) is 0 Å². The van der Waals surface area contributed by atoms with E-state index in [4.69, 9.17) is 9.46 Å². The lowest BCUT2D eigenvalue weighted by Crippen LogP contribution is -1.75. The van der Waals surface area contributed by atoms with E-state index in [1.54, 1.807) is 0 Å². The third kappa shape index (κ3) is 5.90. The van der Waals surface area contributed by atoms with Crippen LogP contribution in [-0.2, 0) is 11.0 Å². The highest BCUT2D eigenvalue weighted by molar-refractivity contribution is 7.16. The van der Waals surface area contributed by atoms with E-state index in [0.717, 1.165) is 6.42 Å². The van der Waals surface area contributed by atoms with E-state index in [-0.39, 0.29) is 0 Å². The Morgan fingerprint density at radius 2 is 1.92 bits per heavy atom. The van der Waals surface area contributed by atoms with Crippen molar-refractivity contribution in [1.82, 2.24) is 0 Å². The quantitative estimate of drug-likeness (QED) is 0.564. The molecular formula is C9H13O2P. The Hall–Kier alpha value is -0.850. The summed E-state index contributed by atoms with van der Waals surface area (Å²) in [7, 11) is -1.50. The van der Waals surface area contributed by atoms with Crippen LogP contribution in [0, 0.1) is 0 Å². The highest BCUT2D eigenvalue weighted by Crippen LogP contribution is 1.98. The van der Waals surface area contributed by atoms with E-state index in [2.05, 4.69) is 18.7 Å². The molecule has 12 heavy (non-hydrogen) atoms. The molecular weight excluding hydrogens is 171 g/mol. The van der Waals surface area contributed by atoms with Crippen LogP contribution in [0.3, 0.4) is 0 Å². The van der Waals surface area contributed by atoms with E-state index in [1.807, 2.05) is 24.3 Å². The zero-order valence-corrected chi connectivity index (χ0v) is 7.97. The van der Waals surface area contributed by atoms with Crippen molar-refractivity contribution < 1.29 is 9.46 Å². The molecule has 0 aromatic heterocycles. The van der Waals surface area contributed by atoms with E-state index in [1.165, 1.54) is 5.56 Å². The first kappa shape index (κ1) is 11.2. The molecule has 0 fully saturated rings. The average molecular weight is 184 g/mol. The fourth-order valence-electron chi connectivity index (χ4n) is 0.781. The van der Waals surface area contributed by atoms with Crippen LogP contribution < -0.4 is 0 Å². The van der Waals surface area contributed by atoms with Crippen molar-refractivity contribution in [3.63, 3.8) is 0 Å². The summed E-state index contributed by atoms with van der Waals surface area (Å²) in [4.78, 5) is 7.10. The molecule has 0 heterocycles. The van der Waals surface area contributed by atoms with Gasteiger partial charge in [-0.15, -0.1) is 6.58 Å². The molecule has 0 saturated carbocycles. The molecule has 0 bridgehead atoms. The summed E-state index contributed by atoms with van der Waals surface area (Å²) in [6.07, 6.45) is 2.89. The lowest BCUT2D eigenvalue weighted by Gasteiger charge is -1.91. The van der Waals surface area contributed by atoms with Crippen LogP contribution in [0.15, 0.2) is 43.0 Å². The number of rotatable bonds is 2. The van der Waals surface area contributed by atoms with Crippen molar-refractivity contribution in [3.05, 3.63) is 48.6 Å². The molecule has 1 aromatic carbocycles. The molecule has 1 N–H and O–H groups in total. The number of benzene rings is 1. The molecule has 3 heteroatoms. The van der Waals surface area contributed by atoms with Gasteiger partial charge in [-0.25, -0.2) is 0 Å². The highest BCUT2D eigenvalue weighted by Gasteiger charge is 1.82. The molecule has 1 aromatic rings. The fraction of sp³-hybridized carbons (Fsp3) is 0.111.